The van der Waals surface area contributed by atoms with Gasteiger partial charge in [-0.25, -0.2) is 13.6 Å². The Kier molecular flexibility index (Phi) is 7.72. The Hall–Kier alpha value is -4.58. The molecule has 6 rings (SSSR count). The topological polar surface area (TPSA) is 118 Å². The third kappa shape index (κ3) is 5.82. The van der Waals surface area contributed by atoms with Crippen LogP contribution in [0.25, 0.3) is 0 Å². The van der Waals surface area contributed by atoms with Gasteiger partial charge in [0.15, 0.2) is 0 Å². The summed E-state index contributed by atoms with van der Waals surface area (Å²) in [6.45, 7) is 7.05. The summed E-state index contributed by atoms with van der Waals surface area (Å²) < 4.78 is 27.8. The van der Waals surface area contributed by atoms with Crippen LogP contribution in [0.5, 0.6) is 5.75 Å². The van der Waals surface area contributed by atoms with E-state index in [9.17, 15) is 33.4 Å². The number of rotatable bonds is 6. The largest absolute Gasteiger partial charge is 0.508 e. The van der Waals surface area contributed by atoms with Gasteiger partial charge in [0.2, 0.25) is 5.91 Å². The average Bonchev–Trinajstić information content (AvgIpc) is 3.42. The van der Waals surface area contributed by atoms with Gasteiger partial charge in [0.05, 0.1) is 17.9 Å². The normalized spacial score (nSPS) is 20.8. The van der Waals surface area contributed by atoms with Gasteiger partial charge in [-0.05, 0) is 53.9 Å². The number of fused-ring (bicyclic) bond motifs is 2. The number of benzene rings is 2. The number of phenolic OH excluding ortho intramolecular Hbond substituents is 1. The maximum Gasteiger partial charge on any atom is 0.407 e. The van der Waals surface area contributed by atoms with E-state index >= 15 is 0 Å². The second-order valence-electron chi connectivity index (χ2n) is 12.9. The van der Waals surface area contributed by atoms with E-state index in [1.165, 1.54) is 23.1 Å². The number of carbonyl (C=O) groups excluding carboxylic acids is 2. The van der Waals surface area contributed by atoms with Crippen molar-refractivity contribution < 1.29 is 33.4 Å². The first-order valence-electron chi connectivity index (χ1n) is 14.9. The highest BCUT2D eigenvalue weighted by Crippen LogP contribution is 2.40. The Morgan fingerprint density at radius 1 is 1.09 bits per heavy atom. The highest BCUT2D eigenvalue weighted by Gasteiger charge is 2.43. The summed E-state index contributed by atoms with van der Waals surface area (Å²) >= 11 is 0. The van der Waals surface area contributed by atoms with Crippen LogP contribution in [0.15, 0.2) is 48.7 Å². The second kappa shape index (κ2) is 11.4. The summed E-state index contributed by atoms with van der Waals surface area (Å²) in [5.74, 6) is -1.65. The quantitative estimate of drug-likeness (QED) is 0.429. The molecule has 0 bridgehead atoms. The van der Waals surface area contributed by atoms with Crippen molar-refractivity contribution in [3.05, 3.63) is 88.2 Å². The first kappa shape index (κ1) is 30.4. The molecule has 1 aromatic heterocycles. The molecule has 0 saturated carbocycles. The number of carboxylic acid groups (broad SMARTS) is 1. The number of piperazine rings is 1. The van der Waals surface area contributed by atoms with E-state index in [1.54, 1.807) is 35.1 Å². The van der Waals surface area contributed by atoms with Crippen LogP contribution in [-0.2, 0) is 23.2 Å². The second-order valence-corrected chi connectivity index (χ2v) is 12.9. The fraction of sp³-hybridized carbons (Fsp3) is 0.394. The molecule has 3 aromatic rings. The predicted octanol–water partition coefficient (Wildman–Crippen LogP) is 3.99. The minimum absolute atomic E-state index is 0.00935. The predicted molar refractivity (Wildman–Crippen MR) is 161 cm³/mol. The van der Waals surface area contributed by atoms with Gasteiger partial charge >= 0.3 is 6.09 Å². The highest BCUT2D eigenvalue weighted by molar-refractivity contribution is 5.99. The van der Waals surface area contributed by atoms with Crippen molar-refractivity contribution >= 4 is 23.6 Å². The number of hydrogen-bond donors (Lipinski definition) is 2. The van der Waals surface area contributed by atoms with E-state index in [1.807, 2.05) is 24.8 Å². The van der Waals surface area contributed by atoms with Gasteiger partial charge < -0.3 is 24.9 Å². The fourth-order valence-corrected chi connectivity index (χ4v) is 6.75. The zero-order chi connectivity index (χ0) is 32.2. The Morgan fingerprint density at radius 3 is 2.60 bits per heavy atom. The molecule has 1 saturated heterocycles. The average molecular weight is 620 g/mol. The Labute approximate surface area is 259 Å². The third-order valence-electron chi connectivity index (χ3n) is 9.06. The fourth-order valence-electron chi connectivity index (χ4n) is 6.75. The first-order chi connectivity index (χ1) is 21.3. The van der Waals surface area contributed by atoms with Crippen LogP contribution in [0.1, 0.15) is 53.5 Å². The number of anilines is 1. The van der Waals surface area contributed by atoms with Gasteiger partial charge in [-0.15, -0.1) is 0 Å². The van der Waals surface area contributed by atoms with E-state index in [0.29, 0.717) is 41.0 Å². The zero-order valence-corrected chi connectivity index (χ0v) is 25.3. The van der Waals surface area contributed by atoms with Gasteiger partial charge in [0.25, 0.3) is 5.91 Å². The molecule has 1 fully saturated rings. The Morgan fingerprint density at radius 2 is 1.87 bits per heavy atom. The van der Waals surface area contributed by atoms with Crippen molar-refractivity contribution in [3.63, 3.8) is 0 Å². The van der Waals surface area contributed by atoms with Crippen LogP contribution in [0, 0.1) is 11.6 Å². The Bertz CT molecular complexity index is 1700. The van der Waals surface area contributed by atoms with Gasteiger partial charge in [-0.1, -0.05) is 19.9 Å². The van der Waals surface area contributed by atoms with E-state index in [4.69, 9.17) is 0 Å². The standard InChI is InChI=1S/C33H35F2N5O5/c1-19-13-37(24(16-39(19)32(44)45)15-38-14-22-10-25(41)6-7-26(22)31(38)43)17-29(42)40-18-33(2,3)30-28(40)9-20(12-36-30)8-21-4-5-23(34)11-27(21)35/h4-7,9-12,19,24,41H,8,13-18H2,1-3H3,(H,44,45)/t19-,24+/m1/s1. The van der Waals surface area contributed by atoms with E-state index in [-0.39, 0.29) is 56.2 Å². The monoisotopic (exact) mass is 619 g/mol. The van der Waals surface area contributed by atoms with Crippen LogP contribution in [-0.4, -0.2) is 92.6 Å². The molecule has 0 aliphatic carbocycles. The summed E-state index contributed by atoms with van der Waals surface area (Å²) in [5.41, 5.74) is 3.10. The third-order valence-corrected chi connectivity index (χ3v) is 9.06. The number of nitrogens with zero attached hydrogens (tertiary/aromatic N) is 5. The van der Waals surface area contributed by atoms with Crippen molar-refractivity contribution in [1.29, 1.82) is 0 Å². The molecule has 2 atom stereocenters. The zero-order valence-electron chi connectivity index (χ0n) is 25.3. The lowest BCUT2D eigenvalue weighted by atomic mass is 9.91. The minimum Gasteiger partial charge on any atom is -0.508 e. The molecule has 3 aliphatic rings. The maximum absolute atomic E-state index is 14.4. The molecule has 2 aromatic carbocycles. The molecule has 3 amide bonds. The minimum atomic E-state index is -1.06. The molecular weight excluding hydrogens is 584 g/mol. The Balaban J connectivity index is 1.23. The summed E-state index contributed by atoms with van der Waals surface area (Å²) in [6.07, 6.45) is 0.770. The number of aromatic hydroxyl groups is 1. The molecule has 0 radical (unpaired) electrons. The van der Waals surface area contributed by atoms with Crippen LogP contribution in [0.3, 0.4) is 0 Å². The molecule has 45 heavy (non-hydrogen) atoms. The lowest BCUT2D eigenvalue weighted by molar-refractivity contribution is -0.121. The molecule has 2 N–H and O–H groups in total. The van der Waals surface area contributed by atoms with Crippen molar-refractivity contribution in [2.75, 3.05) is 37.6 Å². The van der Waals surface area contributed by atoms with Gasteiger partial charge in [-0.3, -0.25) is 19.5 Å². The molecule has 0 unspecified atom stereocenters. The van der Waals surface area contributed by atoms with Crippen LogP contribution in [0.2, 0.25) is 0 Å². The van der Waals surface area contributed by atoms with Crippen LogP contribution in [0.4, 0.5) is 19.3 Å². The molecule has 236 valence electrons. The van der Waals surface area contributed by atoms with Crippen molar-refractivity contribution in [2.45, 2.75) is 51.2 Å². The molecule has 10 nitrogen and oxygen atoms in total. The number of amides is 3. The molecule has 4 heterocycles. The number of phenols is 1. The smallest absolute Gasteiger partial charge is 0.407 e. The van der Waals surface area contributed by atoms with E-state index in [2.05, 4.69) is 4.98 Å². The molecule has 12 heteroatoms. The first-order valence-corrected chi connectivity index (χ1v) is 14.9. The maximum atomic E-state index is 14.4. The van der Waals surface area contributed by atoms with Crippen LogP contribution < -0.4 is 4.90 Å². The van der Waals surface area contributed by atoms with Gasteiger partial charge in [-0.2, -0.15) is 0 Å². The number of pyridine rings is 1. The molecule has 0 spiro atoms. The van der Waals surface area contributed by atoms with Crippen LogP contribution >= 0.6 is 0 Å². The number of aromatic nitrogens is 1. The van der Waals surface area contributed by atoms with Crippen molar-refractivity contribution in [2.24, 2.45) is 0 Å². The van der Waals surface area contributed by atoms with Crippen molar-refractivity contribution in [3.8, 4) is 5.75 Å². The number of halogens is 2. The summed E-state index contributed by atoms with van der Waals surface area (Å²) in [6, 6.07) is 9.05. The summed E-state index contributed by atoms with van der Waals surface area (Å²) in [4.78, 5) is 50.5. The summed E-state index contributed by atoms with van der Waals surface area (Å²) in [5, 5.41) is 19.7. The lowest BCUT2D eigenvalue weighted by Crippen LogP contribution is -2.63. The summed E-state index contributed by atoms with van der Waals surface area (Å²) in [7, 11) is 0. The van der Waals surface area contributed by atoms with Crippen molar-refractivity contribution in [1.82, 2.24) is 19.7 Å². The SMILES string of the molecule is C[C@@H]1CN(CC(=O)N2CC(C)(C)c3ncc(Cc4ccc(F)cc4F)cc32)[C@@H](CN2Cc3cc(O)ccc3C2=O)CN1C(=O)O. The van der Waals surface area contributed by atoms with E-state index < -0.39 is 29.2 Å². The van der Waals surface area contributed by atoms with Gasteiger partial charge in [0, 0.05) is 74.5 Å². The van der Waals surface area contributed by atoms with Gasteiger partial charge in [0.1, 0.15) is 17.4 Å². The molecular formula is C33H35F2N5O5. The molecule has 3 aliphatic heterocycles. The highest BCUT2D eigenvalue weighted by atomic mass is 19.1. The lowest BCUT2D eigenvalue weighted by Gasteiger charge is -2.45. The number of carbonyl (C=O) groups is 3. The van der Waals surface area contributed by atoms with E-state index in [0.717, 1.165) is 11.8 Å². The number of hydrogen-bond acceptors (Lipinski definition) is 6.